The number of nitrogens with two attached hydrogens (primary N) is 1. The molecule has 0 saturated carbocycles. The molecule has 0 aromatic heterocycles. The van der Waals surface area contributed by atoms with Gasteiger partial charge in [0.05, 0.1) is 0 Å². The predicted molar refractivity (Wildman–Crippen MR) is 179 cm³/mol. The van der Waals surface area contributed by atoms with Crippen molar-refractivity contribution in [2.75, 3.05) is 25.0 Å². The number of aliphatic carboxylic acids is 1. The van der Waals surface area contributed by atoms with E-state index < -0.39 is 35.0 Å². The summed E-state index contributed by atoms with van der Waals surface area (Å²) in [6.45, 7) is -0.174. The van der Waals surface area contributed by atoms with Crippen LogP contribution in [0.3, 0.4) is 0 Å². The fraction of sp³-hybridized carbons (Fsp3) is 0.312. The normalized spacial score (nSPS) is 16.8. The molecule has 8 nitrogen and oxygen atoms in total. The van der Waals surface area contributed by atoms with Crippen molar-refractivity contribution in [2.45, 2.75) is 37.0 Å². The van der Waals surface area contributed by atoms with Gasteiger partial charge in [-0.25, -0.2) is 0 Å². The van der Waals surface area contributed by atoms with Crippen LogP contribution in [0.4, 0.5) is 0 Å². The number of unbranched alkanes of at least 4 members (excludes halogenated alkanes) is 2. The molecule has 2 unspecified atom stereocenters. The smallest absolute Gasteiger partial charge is 0.480 e. The quantitative estimate of drug-likeness (QED) is 0.127. The SMILES string of the molecule is NC(CSC1CC(=O)N(CCCCCP(Br)(c2ccccc2)(c2ccccc2)c2ccccc2)C1=O)C(=O)NCC(=O)O. The molecule has 0 aliphatic carbocycles. The molecule has 0 spiro atoms. The van der Waals surface area contributed by atoms with Crippen LogP contribution in [0.15, 0.2) is 91.0 Å². The minimum Gasteiger partial charge on any atom is -0.480 e. The second kappa shape index (κ2) is 14.6. The van der Waals surface area contributed by atoms with Gasteiger partial charge in [0.2, 0.25) is 0 Å². The van der Waals surface area contributed by atoms with E-state index in [1.54, 1.807) is 0 Å². The first-order chi connectivity index (χ1) is 20.6. The number of nitrogens with zero attached hydrogens (tertiary/aromatic N) is 1. The van der Waals surface area contributed by atoms with Crippen molar-refractivity contribution in [2.24, 2.45) is 5.73 Å². The molecule has 0 radical (unpaired) electrons. The van der Waals surface area contributed by atoms with Crippen LogP contribution in [0.25, 0.3) is 0 Å². The van der Waals surface area contributed by atoms with Gasteiger partial charge < -0.3 is 10.4 Å². The number of halogens is 1. The third kappa shape index (κ3) is 7.37. The molecule has 0 bridgehead atoms. The fourth-order valence-electron chi connectivity index (χ4n) is 5.51. The Morgan fingerprint density at radius 1 is 0.907 bits per heavy atom. The third-order valence-corrected chi connectivity index (χ3v) is 19.1. The van der Waals surface area contributed by atoms with Gasteiger partial charge >= 0.3 is 239 Å². The van der Waals surface area contributed by atoms with E-state index in [1.807, 2.05) is 18.2 Å². The number of carboxylic acids is 1. The molecule has 4 N–H and O–H groups in total. The maximum atomic E-state index is 13.0. The molecule has 2 atom stereocenters. The van der Waals surface area contributed by atoms with Crippen LogP contribution in [0.2, 0.25) is 0 Å². The monoisotopic (exact) mass is 685 g/mol. The molecule has 4 rings (SSSR count). The molecule has 1 aliphatic heterocycles. The van der Waals surface area contributed by atoms with Crippen LogP contribution in [0, 0.1) is 0 Å². The van der Waals surface area contributed by atoms with Crippen LogP contribution in [-0.2, 0) is 19.2 Å². The number of carbonyl (C=O) groups excluding carboxylic acids is 3. The van der Waals surface area contributed by atoms with Crippen molar-refractivity contribution in [1.82, 2.24) is 10.2 Å². The first-order valence-corrected chi connectivity index (χ1v) is 19.7. The molecular formula is C32H37BrN3O5PS. The van der Waals surface area contributed by atoms with E-state index in [0.29, 0.717) is 13.0 Å². The summed E-state index contributed by atoms with van der Waals surface area (Å²) in [6, 6.07) is 30.8. The van der Waals surface area contributed by atoms with E-state index in [2.05, 4.69) is 93.6 Å². The summed E-state index contributed by atoms with van der Waals surface area (Å²) >= 11 is 5.62. The molecule has 1 saturated heterocycles. The van der Waals surface area contributed by atoms with Gasteiger partial charge in [0.1, 0.15) is 6.54 Å². The zero-order chi connectivity index (χ0) is 30.9. The van der Waals surface area contributed by atoms with Gasteiger partial charge in [0, 0.05) is 0 Å². The van der Waals surface area contributed by atoms with Crippen LogP contribution in [-0.4, -0.2) is 70.0 Å². The van der Waals surface area contributed by atoms with Crippen molar-refractivity contribution in [3.8, 4) is 0 Å². The van der Waals surface area contributed by atoms with E-state index in [0.717, 1.165) is 30.8 Å². The molecule has 43 heavy (non-hydrogen) atoms. The topological polar surface area (TPSA) is 130 Å². The van der Waals surface area contributed by atoms with Crippen LogP contribution >= 0.6 is 32.6 Å². The Bertz CT molecular complexity index is 1330. The summed E-state index contributed by atoms with van der Waals surface area (Å²) in [6.07, 6.45) is 3.35. The maximum absolute atomic E-state index is 13.0. The molecule has 1 fully saturated rings. The van der Waals surface area contributed by atoms with Gasteiger partial charge in [-0.1, -0.05) is 0 Å². The Morgan fingerprint density at radius 2 is 1.42 bits per heavy atom. The average Bonchev–Trinajstić information content (AvgIpc) is 3.31. The second-order valence-corrected chi connectivity index (χ2v) is 20.9. The Kier molecular flexibility index (Phi) is 11.2. The van der Waals surface area contributed by atoms with E-state index in [-0.39, 0.29) is 24.0 Å². The summed E-state index contributed by atoms with van der Waals surface area (Å²) in [4.78, 5) is 49.6. The van der Waals surface area contributed by atoms with Gasteiger partial charge in [-0.15, -0.1) is 0 Å². The summed E-state index contributed by atoms with van der Waals surface area (Å²) in [7, 11) is 0. The molecule has 3 aromatic carbocycles. The third-order valence-electron chi connectivity index (χ3n) is 7.77. The number of likely N-dealkylation sites (tertiary alicyclic amines) is 1. The van der Waals surface area contributed by atoms with Crippen LogP contribution < -0.4 is 27.0 Å². The fourth-order valence-corrected chi connectivity index (χ4v) is 14.4. The summed E-state index contributed by atoms with van der Waals surface area (Å²) in [5, 5.41) is 11.1. The Hall–Kier alpha value is -3.04. The first-order valence-electron chi connectivity index (χ1n) is 14.3. The van der Waals surface area contributed by atoms with Gasteiger partial charge in [-0.3, -0.25) is 9.59 Å². The minimum atomic E-state index is -3.02. The van der Waals surface area contributed by atoms with Gasteiger partial charge in [0.15, 0.2) is 0 Å². The Labute approximate surface area is 264 Å². The van der Waals surface area contributed by atoms with Gasteiger partial charge in [-0.05, 0) is 0 Å². The van der Waals surface area contributed by atoms with Gasteiger partial charge in [0.25, 0.3) is 0 Å². The Morgan fingerprint density at radius 3 is 1.91 bits per heavy atom. The standard InChI is InChI=1S/C32H37BrN3O5PS/c33-42(24-13-5-1-6-14-24,25-15-7-2-8-16-25,26-17-9-3-10-18-26)20-12-4-11-19-36-29(37)21-28(32(36)41)43-23-27(34)31(40)35-22-30(38)39/h1-3,5-10,13-18,27-28H,4,11-12,19-23,34H2,(H,35,40)(H,38,39). The van der Waals surface area contributed by atoms with Crippen molar-refractivity contribution >= 4 is 72.2 Å². The molecule has 1 heterocycles. The minimum absolute atomic E-state index is 0.0705. The summed E-state index contributed by atoms with van der Waals surface area (Å²) in [5.74, 6) is -2.14. The van der Waals surface area contributed by atoms with Crippen molar-refractivity contribution in [3.05, 3.63) is 91.0 Å². The number of hydrogen-bond donors (Lipinski definition) is 3. The van der Waals surface area contributed by atoms with E-state index >= 15 is 0 Å². The Balaban J connectivity index is 1.40. The number of carboxylic acid groups (broad SMARTS) is 1. The van der Waals surface area contributed by atoms with Crippen molar-refractivity contribution in [3.63, 3.8) is 0 Å². The number of thioether (sulfide) groups is 1. The summed E-state index contributed by atoms with van der Waals surface area (Å²) in [5.41, 5.74) is 5.85. The molecule has 3 amide bonds. The number of carbonyl (C=O) groups is 4. The average molecular weight is 687 g/mol. The second-order valence-electron chi connectivity index (χ2n) is 10.6. The van der Waals surface area contributed by atoms with Crippen molar-refractivity contribution < 1.29 is 24.3 Å². The summed E-state index contributed by atoms with van der Waals surface area (Å²) < 4.78 is 0. The van der Waals surface area contributed by atoms with Crippen LogP contribution in [0.1, 0.15) is 25.7 Å². The van der Waals surface area contributed by atoms with Crippen LogP contribution in [0.5, 0.6) is 0 Å². The number of amides is 3. The van der Waals surface area contributed by atoms with E-state index in [4.69, 9.17) is 10.8 Å². The number of rotatable bonds is 15. The molecule has 3 aromatic rings. The van der Waals surface area contributed by atoms with Crippen molar-refractivity contribution in [1.29, 1.82) is 0 Å². The van der Waals surface area contributed by atoms with E-state index in [9.17, 15) is 19.2 Å². The zero-order valence-corrected chi connectivity index (χ0v) is 27.1. The number of benzene rings is 3. The molecular weight excluding hydrogens is 649 g/mol. The number of hydrogen-bond acceptors (Lipinski definition) is 6. The molecule has 228 valence electrons. The van der Waals surface area contributed by atoms with E-state index in [1.165, 1.54) is 20.8 Å². The molecule has 1 aliphatic rings. The molecule has 11 heteroatoms. The number of nitrogens with one attached hydrogen (secondary N) is 1. The number of imide groups is 1. The van der Waals surface area contributed by atoms with Gasteiger partial charge in [-0.2, -0.15) is 0 Å². The predicted octanol–water partition coefficient (Wildman–Crippen LogP) is 3.39. The zero-order valence-electron chi connectivity index (χ0n) is 23.8. The first kappa shape index (κ1) is 32.9.